The van der Waals surface area contributed by atoms with Crippen molar-refractivity contribution in [3.05, 3.63) is 66.0 Å². The number of imidazole rings is 1. The van der Waals surface area contributed by atoms with Crippen molar-refractivity contribution in [1.82, 2.24) is 14.5 Å². The van der Waals surface area contributed by atoms with Crippen molar-refractivity contribution in [2.75, 3.05) is 13.1 Å². The van der Waals surface area contributed by atoms with Crippen molar-refractivity contribution in [2.24, 2.45) is 0 Å². The van der Waals surface area contributed by atoms with Crippen molar-refractivity contribution in [2.45, 2.75) is 62.9 Å². The van der Waals surface area contributed by atoms with Gasteiger partial charge in [-0.25, -0.2) is 4.98 Å². The molecule has 1 aromatic heterocycles. The molecule has 156 valence electrons. The number of piperidine rings is 1. The lowest BCUT2D eigenvalue weighted by Crippen LogP contribution is -2.50. The fourth-order valence-corrected chi connectivity index (χ4v) is 5.93. The summed E-state index contributed by atoms with van der Waals surface area (Å²) in [7, 11) is 0. The fraction of sp³-hybridized carbons (Fsp3) is 0.462. The van der Waals surface area contributed by atoms with Crippen LogP contribution in [0.1, 0.15) is 73.6 Å². The maximum Gasteiger partial charge on any atom is 0.185 e. The molecule has 2 fully saturated rings. The number of hydrogen-bond donors (Lipinski definition) is 0. The highest BCUT2D eigenvalue weighted by Gasteiger charge is 2.40. The minimum absolute atomic E-state index is 0.174. The number of aromatic nitrogens is 2. The lowest BCUT2D eigenvalue weighted by Gasteiger charge is -2.48. The average molecular weight is 402 g/mol. The van der Waals surface area contributed by atoms with Gasteiger partial charge in [-0.1, -0.05) is 68.1 Å². The molecule has 1 saturated carbocycles. The highest BCUT2D eigenvalue weighted by Crippen LogP contribution is 2.44. The van der Waals surface area contributed by atoms with Crippen LogP contribution in [0.3, 0.4) is 0 Å². The largest absolute Gasteiger partial charge is 0.319 e. The van der Waals surface area contributed by atoms with E-state index in [-0.39, 0.29) is 5.54 Å². The molecule has 1 aliphatic heterocycles. The molecule has 0 atom stereocenters. The van der Waals surface area contributed by atoms with Gasteiger partial charge in [0.1, 0.15) is 0 Å². The average Bonchev–Trinajstić information content (AvgIpc) is 3.00. The zero-order valence-corrected chi connectivity index (χ0v) is 17.7. The Kier molecular flexibility index (Phi) is 5.43. The number of aldehydes is 1. The van der Waals surface area contributed by atoms with Gasteiger partial charge in [-0.15, -0.1) is 0 Å². The Morgan fingerprint density at radius 2 is 1.53 bits per heavy atom. The summed E-state index contributed by atoms with van der Waals surface area (Å²) in [4.78, 5) is 19.1. The van der Waals surface area contributed by atoms with Crippen LogP contribution in [0.25, 0.3) is 11.0 Å². The molecular weight excluding hydrogens is 370 g/mol. The Hall–Kier alpha value is -2.46. The Morgan fingerprint density at radius 1 is 0.867 bits per heavy atom. The lowest BCUT2D eigenvalue weighted by molar-refractivity contribution is 0.0356. The second-order valence-electron chi connectivity index (χ2n) is 8.98. The molecule has 4 heteroatoms. The molecule has 0 N–H and O–H groups in total. The maximum absolute atomic E-state index is 11.7. The molecule has 2 aromatic carbocycles. The van der Waals surface area contributed by atoms with E-state index < -0.39 is 0 Å². The Bertz CT molecular complexity index is 994. The molecular formula is C26H31N3O. The van der Waals surface area contributed by atoms with E-state index in [9.17, 15) is 4.79 Å². The van der Waals surface area contributed by atoms with Crippen LogP contribution >= 0.6 is 0 Å². The molecule has 2 heterocycles. The quantitative estimate of drug-likeness (QED) is 0.413. The monoisotopic (exact) mass is 401 g/mol. The molecule has 3 aromatic rings. The molecule has 0 radical (unpaired) electrons. The van der Waals surface area contributed by atoms with Gasteiger partial charge in [0.15, 0.2) is 12.1 Å². The van der Waals surface area contributed by atoms with E-state index in [0.717, 1.165) is 43.3 Å². The molecule has 4 nitrogen and oxygen atoms in total. The number of likely N-dealkylation sites (tertiary alicyclic amines) is 1. The Balaban J connectivity index is 1.43. The number of para-hydroxylation sites is 2. The summed E-state index contributed by atoms with van der Waals surface area (Å²) in [5, 5.41) is 0. The summed E-state index contributed by atoms with van der Waals surface area (Å²) < 4.78 is 2.20. The number of hydrogen-bond acceptors (Lipinski definition) is 3. The zero-order chi connectivity index (χ0) is 20.4. The van der Waals surface area contributed by atoms with Crippen LogP contribution in [0.4, 0.5) is 0 Å². The van der Waals surface area contributed by atoms with Crippen molar-refractivity contribution in [3.63, 3.8) is 0 Å². The first-order valence-corrected chi connectivity index (χ1v) is 11.5. The van der Waals surface area contributed by atoms with Crippen LogP contribution in [0, 0.1) is 0 Å². The van der Waals surface area contributed by atoms with Gasteiger partial charge in [-0.2, -0.15) is 0 Å². The summed E-state index contributed by atoms with van der Waals surface area (Å²) in [5.41, 5.74) is 3.68. The number of rotatable bonds is 4. The van der Waals surface area contributed by atoms with Crippen molar-refractivity contribution in [1.29, 1.82) is 0 Å². The van der Waals surface area contributed by atoms with Crippen LogP contribution in [0.5, 0.6) is 0 Å². The van der Waals surface area contributed by atoms with Crippen molar-refractivity contribution >= 4 is 17.3 Å². The fourth-order valence-electron chi connectivity index (χ4n) is 5.93. The first kappa shape index (κ1) is 19.5. The minimum atomic E-state index is 0.174. The van der Waals surface area contributed by atoms with E-state index in [1.165, 1.54) is 44.1 Å². The Morgan fingerprint density at radius 3 is 2.23 bits per heavy atom. The summed E-state index contributed by atoms with van der Waals surface area (Å²) in [6.07, 6.45) is 10.9. The van der Waals surface area contributed by atoms with E-state index in [2.05, 4.69) is 50.8 Å². The summed E-state index contributed by atoms with van der Waals surface area (Å²) in [6, 6.07) is 19.7. The third-order valence-electron chi connectivity index (χ3n) is 7.41. The molecule has 0 unspecified atom stereocenters. The molecule has 1 aliphatic carbocycles. The van der Waals surface area contributed by atoms with Gasteiger partial charge >= 0.3 is 0 Å². The topological polar surface area (TPSA) is 38.1 Å². The predicted molar refractivity (Wildman–Crippen MR) is 121 cm³/mol. The Labute approximate surface area is 178 Å². The highest BCUT2D eigenvalue weighted by atomic mass is 16.1. The number of carbonyl (C=O) groups excluding carboxylic acids is 1. The van der Waals surface area contributed by atoms with Gasteiger partial charge in [-0.3, -0.25) is 9.69 Å². The number of benzene rings is 2. The van der Waals surface area contributed by atoms with E-state index in [0.29, 0.717) is 11.9 Å². The molecule has 0 spiro atoms. The third-order valence-corrected chi connectivity index (χ3v) is 7.41. The molecule has 30 heavy (non-hydrogen) atoms. The van der Waals surface area contributed by atoms with Gasteiger partial charge in [0.25, 0.3) is 0 Å². The molecule has 5 rings (SSSR count). The molecule has 1 saturated heterocycles. The van der Waals surface area contributed by atoms with Crippen LogP contribution in [-0.4, -0.2) is 33.8 Å². The number of carbonyl (C=O) groups is 1. The van der Waals surface area contributed by atoms with E-state index in [1.54, 1.807) is 0 Å². The van der Waals surface area contributed by atoms with Crippen LogP contribution in [0.15, 0.2) is 54.6 Å². The third kappa shape index (κ3) is 3.37. The second-order valence-corrected chi connectivity index (χ2v) is 8.98. The number of nitrogens with zero attached hydrogens (tertiary/aromatic N) is 3. The summed E-state index contributed by atoms with van der Waals surface area (Å²) in [6.45, 7) is 2.15. The standard InChI is InChI=1S/C26H31N3O/c30-20-25-27-23-12-6-7-13-24(23)29(25)22-14-18-28(19-15-22)26(16-8-1-2-9-17-26)21-10-4-3-5-11-21/h3-7,10-13,20,22H,1-2,8-9,14-19H2. The van der Waals surface area contributed by atoms with Gasteiger partial charge in [0.05, 0.1) is 11.0 Å². The van der Waals surface area contributed by atoms with Gasteiger partial charge < -0.3 is 4.57 Å². The first-order valence-electron chi connectivity index (χ1n) is 11.5. The van der Waals surface area contributed by atoms with Crippen molar-refractivity contribution < 1.29 is 4.79 Å². The van der Waals surface area contributed by atoms with Crippen molar-refractivity contribution in [3.8, 4) is 0 Å². The highest BCUT2D eigenvalue weighted by molar-refractivity contribution is 5.83. The zero-order valence-electron chi connectivity index (χ0n) is 17.7. The van der Waals surface area contributed by atoms with Crippen LogP contribution in [-0.2, 0) is 5.54 Å². The lowest BCUT2D eigenvalue weighted by atomic mass is 9.79. The minimum Gasteiger partial charge on any atom is -0.319 e. The normalized spacial score (nSPS) is 20.8. The van der Waals surface area contributed by atoms with Gasteiger partial charge in [-0.05, 0) is 43.4 Å². The number of fused-ring (bicyclic) bond motifs is 1. The van der Waals surface area contributed by atoms with Crippen LogP contribution < -0.4 is 0 Å². The van der Waals surface area contributed by atoms with Gasteiger partial charge in [0, 0.05) is 24.7 Å². The molecule has 2 aliphatic rings. The maximum atomic E-state index is 11.7. The summed E-state index contributed by atoms with van der Waals surface area (Å²) in [5.74, 6) is 0.571. The van der Waals surface area contributed by atoms with E-state index in [1.807, 2.05) is 18.2 Å². The first-order chi connectivity index (χ1) is 14.8. The second kappa shape index (κ2) is 8.35. The SMILES string of the molecule is O=Cc1nc2ccccc2n1C1CCN(C2(c3ccccc3)CCCCCC2)CC1. The molecule has 0 bridgehead atoms. The smallest absolute Gasteiger partial charge is 0.185 e. The summed E-state index contributed by atoms with van der Waals surface area (Å²) >= 11 is 0. The molecule has 0 amide bonds. The van der Waals surface area contributed by atoms with Crippen LogP contribution in [0.2, 0.25) is 0 Å². The predicted octanol–water partition coefficient (Wildman–Crippen LogP) is 5.74. The van der Waals surface area contributed by atoms with E-state index >= 15 is 0 Å². The van der Waals surface area contributed by atoms with E-state index in [4.69, 9.17) is 0 Å². The van der Waals surface area contributed by atoms with Gasteiger partial charge in [0.2, 0.25) is 0 Å².